The summed E-state index contributed by atoms with van der Waals surface area (Å²) in [4.78, 5) is 11.8. The lowest BCUT2D eigenvalue weighted by Gasteiger charge is -2.18. The number of benzene rings is 1. The highest BCUT2D eigenvalue weighted by molar-refractivity contribution is 5.77. The van der Waals surface area contributed by atoms with Crippen LogP contribution in [-0.4, -0.2) is 23.7 Å². The van der Waals surface area contributed by atoms with Crippen molar-refractivity contribution in [3.05, 3.63) is 35.9 Å². The predicted octanol–water partition coefficient (Wildman–Crippen LogP) is 0.964. The van der Waals surface area contributed by atoms with Gasteiger partial charge in [-0.25, -0.2) is 0 Å². The van der Waals surface area contributed by atoms with Gasteiger partial charge in [-0.15, -0.1) is 0 Å². The highest BCUT2D eigenvalue weighted by Crippen LogP contribution is 2.32. The van der Waals surface area contributed by atoms with E-state index in [0.717, 1.165) is 18.4 Å². The number of amides is 1. The van der Waals surface area contributed by atoms with E-state index in [4.69, 9.17) is 5.73 Å². The van der Waals surface area contributed by atoms with Gasteiger partial charge in [-0.1, -0.05) is 30.3 Å². The second-order valence-electron chi connectivity index (χ2n) is 4.92. The van der Waals surface area contributed by atoms with Gasteiger partial charge in [0.2, 0.25) is 5.91 Å². The fourth-order valence-corrected chi connectivity index (χ4v) is 2.08. The smallest absolute Gasteiger partial charge is 0.222 e. The van der Waals surface area contributed by atoms with Crippen molar-refractivity contribution in [2.24, 2.45) is 11.7 Å². The van der Waals surface area contributed by atoms with Crippen molar-refractivity contribution < 1.29 is 9.90 Å². The molecule has 2 rings (SSSR count). The number of carbonyl (C=O) groups excluding carboxylic acids is 1. The third-order valence-electron chi connectivity index (χ3n) is 3.37. The average molecular weight is 248 g/mol. The lowest BCUT2D eigenvalue weighted by atomic mass is 10.1. The number of carbonyl (C=O) groups is 1. The molecule has 18 heavy (non-hydrogen) atoms. The Balaban J connectivity index is 1.87. The van der Waals surface area contributed by atoms with Gasteiger partial charge in [-0.05, 0) is 24.3 Å². The average Bonchev–Trinajstić information content (AvgIpc) is 3.21. The second-order valence-corrected chi connectivity index (χ2v) is 4.92. The van der Waals surface area contributed by atoms with Gasteiger partial charge in [-0.2, -0.15) is 0 Å². The maximum absolute atomic E-state index is 11.8. The molecule has 1 aromatic rings. The molecule has 0 heterocycles. The molecule has 0 saturated heterocycles. The summed E-state index contributed by atoms with van der Waals surface area (Å²) in [6.45, 7) is -0.103. The minimum Gasteiger partial charge on any atom is -0.394 e. The summed E-state index contributed by atoms with van der Waals surface area (Å²) in [6, 6.07) is 9.08. The Bertz CT molecular complexity index is 390. The Morgan fingerprint density at radius 3 is 2.61 bits per heavy atom. The van der Waals surface area contributed by atoms with Gasteiger partial charge >= 0.3 is 0 Å². The first-order valence-electron chi connectivity index (χ1n) is 6.41. The molecule has 1 aliphatic rings. The lowest BCUT2D eigenvalue weighted by Crippen LogP contribution is -2.36. The van der Waals surface area contributed by atoms with E-state index in [1.807, 2.05) is 30.3 Å². The molecule has 98 valence electrons. The predicted molar refractivity (Wildman–Crippen MR) is 69.7 cm³/mol. The van der Waals surface area contributed by atoms with E-state index in [2.05, 4.69) is 5.32 Å². The van der Waals surface area contributed by atoms with Crippen LogP contribution in [0.3, 0.4) is 0 Å². The van der Waals surface area contributed by atoms with E-state index >= 15 is 0 Å². The van der Waals surface area contributed by atoms with Crippen LogP contribution in [0.15, 0.2) is 30.3 Å². The first-order chi connectivity index (χ1) is 8.70. The minimum absolute atomic E-state index is 0.0416. The number of hydrogen-bond acceptors (Lipinski definition) is 3. The molecular formula is C14H20N2O2. The molecule has 0 radical (unpaired) electrons. The third kappa shape index (κ3) is 3.55. The van der Waals surface area contributed by atoms with Crippen LogP contribution in [0, 0.1) is 5.92 Å². The molecule has 1 aliphatic carbocycles. The quantitative estimate of drug-likeness (QED) is 0.702. The highest BCUT2D eigenvalue weighted by atomic mass is 16.3. The molecule has 1 saturated carbocycles. The van der Waals surface area contributed by atoms with Crippen molar-refractivity contribution in [1.29, 1.82) is 0 Å². The Kier molecular flexibility index (Phi) is 4.33. The molecule has 1 unspecified atom stereocenters. The minimum atomic E-state index is -0.342. The van der Waals surface area contributed by atoms with Crippen molar-refractivity contribution in [3.63, 3.8) is 0 Å². The van der Waals surface area contributed by atoms with E-state index in [9.17, 15) is 9.90 Å². The van der Waals surface area contributed by atoms with E-state index in [-0.39, 0.29) is 24.6 Å². The summed E-state index contributed by atoms with van der Waals surface area (Å²) in [5.41, 5.74) is 6.82. The normalized spacial score (nSPS) is 18.1. The summed E-state index contributed by atoms with van der Waals surface area (Å²) in [7, 11) is 0. The summed E-state index contributed by atoms with van der Waals surface area (Å²) in [5.74, 6) is 0.428. The van der Waals surface area contributed by atoms with Crippen molar-refractivity contribution in [2.45, 2.75) is 31.3 Å². The van der Waals surface area contributed by atoms with Gasteiger partial charge < -0.3 is 16.2 Å². The van der Waals surface area contributed by atoms with Crippen molar-refractivity contribution >= 4 is 5.91 Å². The van der Waals surface area contributed by atoms with Crippen LogP contribution in [0.2, 0.25) is 0 Å². The Morgan fingerprint density at radius 1 is 1.39 bits per heavy atom. The molecule has 0 spiro atoms. The van der Waals surface area contributed by atoms with Gasteiger partial charge in [0, 0.05) is 12.5 Å². The zero-order chi connectivity index (χ0) is 13.0. The summed E-state index contributed by atoms with van der Waals surface area (Å²) in [6.07, 6.45) is 2.61. The lowest BCUT2D eigenvalue weighted by molar-refractivity contribution is -0.122. The van der Waals surface area contributed by atoms with E-state index in [0.29, 0.717) is 12.3 Å². The van der Waals surface area contributed by atoms with Crippen LogP contribution in [0.4, 0.5) is 0 Å². The van der Waals surface area contributed by atoms with Gasteiger partial charge in [0.05, 0.1) is 12.6 Å². The molecule has 0 aliphatic heterocycles. The van der Waals surface area contributed by atoms with Gasteiger partial charge in [0.1, 0.15) is 0 Å². The van der Waals surface area contributed by atoms with E-state index < -0.39 is 0 Å². The van der Waals surface area contributed by atoms with E-state index in [1.165, 1.54) is 0 Å². The fraction of sp³-hybridized carbons (Fsp3) is 0.500. The monoisotopic (exact) mass is 248 g/mol. The Hall–Kier alpha value is -1.39. The van der Waals surface area contributed by atoms with Gasteiger partial charge in [0.25, 0.3) is 0 Å². The molecule has 2 atom stereocenters. The number of hydrogen-bond donors (Lipinski definition) is 3. The number of nitrogens with one attached hydrogen (secondary N) is 1. The molecule has 1 amide bonds. The molecule has 4 nitrogen and oxygen atoms in total. The first-order valence-corrected chi connectivity index (χ1v) is 6.41. The summed E-state index contributed by atoms with van der Waals surface area (Å²) >= 11 is 0. The van der Waals surface area contributed by atoms with Gasteiger partial charge in [-0.3, -0.25) is 4.79 Å². The molecule has 1 fully saturated rings. The largest absolute Gasteiger partial charge is 0.394 e. The van der Waals surface area contributed by atoms with Gasteiger partial charge in [0.15, 0.2) is 0 Å². The maximum atomic E-state index is 11.8. The maximum Gasteiger partial charge on any atom is 0.222 e. The van der Waals surface area contributed by atoms with Crippen LogP contribution in [0.1, 0.15) is 30.9 Å². The molecule has 0 bridgehead atoms. The SMILES string of the molecule is NC(CC(=O)N[C@H](CO)c1ccccc1)C1CC1. The molecule has 4 N–H and O–H groups in total. The fourth-order valence-electron chi connectivity index (χ4n) is 2.08. The van der Waals surface area contributed by atoms with Crippen molar-refractivity contribution in [1.82, 2.24) is 5.32 Å². The molecule has 4 heteroatoms. The van der Waals surface area contributed by atoms with Crippen LogP contribution in [-0.2, 0) is 4.79 Å². The third-order valence-corrected chi connectivity index (χ3v) is 3.37. The number of aliphatic hydroxyl groups excluding tert-OH is 1. The van der Waals surface area contributed by atoms with Crippen LogP contribution < -0.4 is 11.1 Å². The van der Waals surface area contributed by atoms with E-state index in [1.54, 1.807) is 0 Å². The van der Waals surface area contributed by atoms with Crippen molar-refractivity contribution in [3.8, 4) is 0 Å². The Morgan fingerprint density at radius 2 is 2.06 bits per heavy atom. The highest BCUT2D eigenvalue weighted by Gasteiger charge is 2.30. The van der Waals surface area contributed by atoms with Crippen LogP contribution >= 0.6 is 0 Å². The Labute approximate surface area is 107 Å². The summed E-state index contributed by atoms with van der Waals surface area (Å²) in [5, 5.41) is 12.2. The second kappa shape index (κ2) is 5.98. The topological polar surface area (TPSA) is 75.4 Å². The zero-order valence-corrected chi connectivity index (χ0v) is 10.4. The van der Waals surface area contributed by atoms with Crippen LogP contribution in [0.5, 0.6) is 0 Å². The number of nitrogens with two attached hydrogens (primary N) is 1. The summed E-state index contributed by atoms with van der Waals surface area (Å²) < 4.78 is 0. The van der Waals surface area contributed by atoms with Crippen molar-refractivity contribution in [2.75, 3.05) is 6.61 Å². The van der Waals surface area contributed by atoms with Crippen LogP contribution in [0.25, 0.3) is 0 Å². The number of rotatable bonds is 6. The zero-order valence-electron chi connectivity index (χ0n) is 10.4. The number of aliphatic hydroxyl groups is 1. The molecular weight excluding hydrogens is 228 g/mol. The molecule has 1 aromatic carbocycles. The molecule has 0 aromatic heterocycles. The standard InChI is InChI=1S/C14H20N2O2/c15-12(10-6-7-10)8-14(18)16-13(9-17)11-4-2-1-3-5-11/h1-5,10,12-13,17H,6-9,15H2,(H,16,18)/t12?,13-/m1/s1. The first kappa shape index (κ1) is 13.1.